The molecule has 0 amide bonds. The van der Waals surface area contributed by atoms with E-state index in [0.29, 0.717) is 6.42 Å². The summed E-state index contributed by atoms with van der Waals surface area (Å²) in [6.07, 6.45) is 7.35. The van der Waals surface area contributed by atoms with E-state index in [9.17, 15) is 4.79 Å². The quantitative estimate of drug-likeness (QED) is 0.395. The minimum Gasteiger partial charge on any atom is -0.234 e. The summed E-state index contributed by atoms with van der Waals surface area (Å²) in [6, 6.07) is 0. The van der Waals surface area contributed by atoms with Gasteiger partial charge < -0.3 is 0 Å². The second-order valence-electron chi connectivity index (χ2n) is 1.22. The lowest BCUT2D eigenvalue weighted by Crippen LogP contribution is -1.55. The number of allylic oxidation sites excluding steroid dienone is 4. The smallest absolute Gasteiger partial charge is 0.120 e. The maximum Gasteiger partial charge on any atom is 0.120 e. The maximum absolute atomic E-state index is 9.53. The second-order valence-corrected chi connectivity index (χ2v) is 1.22. The molecule has 0 atom stereocenters. The number of rotatable bonds is 3. The molecule has 0 spiro atoms. The zero-order valence-electron chi connectivity index (χ0n) is 4.63. The highest BCUT2D eigenvalue weighted by Crippen LogP contribution is 1.80. The highest BCUT2D eigenvalue weighted by Gasteiger charge is 1.64. The molecule has 0 saturated heterocycles. The zero-order chi connectivity index (χ0) is 6.24. The van der Waals surface area contributed by atoms with E-state index < -0.39 is 0 Å². The molecule has 1 nitrogen and oxygen atoms in total. The molecule has 0 saturated carbocycles. The number of hydrogen-bond donors (Lipinski definition) is 0. The topological polar surface area (TPSA) is 17.1 Å². The van der Waals surface area contributed by atoms with Crippen LogP contribution in [-0.4, -0.2) is 5.94 Å². The molecule has 42 valence electrons. The Labute approximate surface area is 49.0 Å². The van der Waals surface area contributed by atoms with Crippen LogP contribution >= 0.6 is 0 Å². The average Bonchev–Trinajstić information content (AvgIpc) is 1.81. The van der Waals surface area contributed by atoms with Crippen molar-refractivity contribution in [2.75, 3.05) is 0 Å². The van der Waals surface area contributed by atoms with Crippen molar-refractivity contribution in [1.29, 1.82) is 0 Å². The summed E-state index contributed by atoms with van der Waals surface area (Å²) in [5.74, 6) is 1.67. The molecular formula is C7H8O. The van der Waals surface area contributed by atoms with Gasteiger partial charge in [-0.15, -0.1) is 0 Å². The van der Waals surface area contributed by atoms with Crippen LogP contribution in [0.15, 0.2) is 30.9 Å². The van der Waals surface area contributed by atoms with E-state index in [4.69, 9.17) is 0 Å². The van der Waals surface area contributed by atoms with E-state index in [0.717, 1.165) is 0 Å². The summed E-state index contributed by atoms with van der Waals surface area (Å²) < 4.78 is 0. The third-order valence-electron chi connectivity index (χ3n) is 0.609. The van der Waals surface area contributed by atoms with Crippen molar-refractivity contribution in [3.63, 3.8) is 0 Å². The molecule has 0 radical (unpaired) electrons. The fourth-order valence-electron chi connectivity index (χ4n) is 0.291. The average molecular weight is 108 g/mol. The minimum atomic E-state index is 0.648. The summed E-state index contributed by atoms with van der Waals surface area (Å²) in [5.41, 5.74) is 0. The van der Waals surface area contributed by atoms with Gasteiger partial charge in [-0.2, -0.15) is 0 Å². The molecule has 0 bridgehead atoms. The monoisotopic (exact) mass is 108 g/mol. The lowest BCUT2D eigenvalue weighted by Gasteiger charge is -1.70. The summed E-state index contributed by atoms with van der Waals surface area (Å²) in [7, 11) is 0. The highest BCUT2D eigenvalue weighted by atomic mass is 16.1. The van der Waals surface area contributed by atoms with Crippen molar-refractivity contribution < 1.29 is 4.79 Å². The van der Waals surface area contributed by atoms with Gasteiger partial charge in [-0.05, 0) is 6.42 Å². The zero-order valence-corrected chi connectivity index (χ0v) is 4.63. The Morgan fingerprint density at radius 2 is 2.38 bits per heavy atom. The standard InChI is InChI=1S/C7H8O/c1-2-3-4-5-6-7-8/h2-4,6H,1,5H2/b4-3+. The van der Waals surface area contributed by atoms with Gasteiger partial charge in [0.25, 0.3) is 0 Å². The number of hydrogen-bond acceptors (Lipinski definition) is 1. The predicted molar refractivity (Wildman–Crippen MR) is 34.2 cm³/mol. The molecule has 0 aromatic heterocycles. The van der Waals surface area contributed by atoms with Crippen molar-refractivity contribution in [2.45, 2.75) is 6.42 Å². The van der Waals surface area contributed by atoms with Crippen molar-refractivity contribution in [2.24, 2.45) is 0 Å². The molecule has 0 unspecified atom stereocenters. The molecule has 0 N–H and O–H groups in total. The molecule has 0 fully saturated rings. The third kappa shape index (κ3) is 4.93. The third-order valence-corrected chi connectivity index (χ3v) is 0.609. The van der Waals surface area contributed by atoms with Crippen molar-refractivity contribution in [3.05, 3.63) is 30.9 Å². The van der Waals surface area contributed by atoms with Crippen molar-refractivity contribution >= 4 is 5.94 Å². The molecule has 0 heterocycles. The first kappa shape index (κ1) is 6.93. The summed E-state index contributed by atoms with van der Waals surface area (Å²) >= 11 is 0. The fourth-order valence-corrected chi connectivity index (χ4v) is 0.291. The molecule has 0 aliphatic carbocycles. The first-order chi connectivity index (χ1) is 3.91. The van der Waals surface area contributed by atoms with Crippen LogP contribution in [0.1, 0.15) is 6.42 Å². The molecule has 8 heavy (non-hydrogen) atoms. The lowest BCUT2D eigenvalue weighted by atomic mass is 10.4. The summed E-state index contributed by atoms with van der Waals surface area (Å²) in [6.45, 7) is 3.46. The van der Waals surface area contributed by atoms with Gasteiger partial charge in [-0.3, -0.25) is 0 Å². The highest BCUT2D eigenvalue weighted by molar-refractivity contribution is 5.45. The van der Waals surface area contributed by atoms with Gasteiger partial charge in [0.1, 0.15) is 5.94 Å². The van der Waals surface area contributed by atoms with Crippen molar-refractivity contribution in [3.8, 4) is 0 Å². The van der Waals surface area contributed by atoms with Crippen LogP contribution in [0, 0.1) is 0 Å². The Hall–Kier alpha value is -1.07. The van der Waals surface area contributed by atoms with Crippen LogP contribution in [0.4, 0.5) is 0 Å². The molecular weight excluding hydrogens is 100 g/mol. The van der Waals surface area contributed by atoms with Gasteiger partial charge in [0.2, 0.25) is 0 Å². The Morgan fingerprint density at radius 1 is 1.62 bits per heavy atom. The first-order valence-corrected chi connectivity index (χ1v) is 2.38. The second kappa shape index (κ2) is 5.93. The van der Waals surface area contributed by atoms with Crippen LogP contribution in [0.25, 0.3) is 0 Å². The van der Waals surface area contributed by atoms with Gasteiger partial charge in [0.15, 0.2) is 0 Å². The van der Waals surface area contributed by atoms with Gasteiger partial charge in [-0.25, -0.2) is 4.79 Å². The normalized spacial score (nSPS) is 8.50. The van der Waals surface area contributed by atoms with Gasteiger partial charge >= 0.3 is 0 Å². The first-order valence-electron chi connectivity index (χ1n) is 2.38. The molecule has 1 heteroatoms. The molecule has 0 rings (SSSR count). The Kier molecular flexibility index (Phi) is 5.14. The lowest BCUT2D eigenvalue weighted by molar-refractivity contribution is 0.568. The van der Waals surface area contributed by atoms with Gasteiger partial charge in [0, 0.05) is 6.08 Å². The van der Waals surface area contributed by atoms with E-state index in [1.54, 1.807) is 18.1 Å². The van der Waals surface area contributed by atoms with E-state index in [1.165, 1.54) is 6.08 Å². The largest absolute Gasteiger partial charge is 0.234 e. The maximum atomic E-state index is 9.53. The van der Waals surface area contributed by atoms with Crippen LogP contribution in [0.3, 0.4) is 0 Å². The Balaban J connectivity index is 3.29. The Bertz CT molecular complexity index is 127. The minimum absolute atomic E-state index is 0.648. The van der Waals surface area contributed by atoms with Gasteiger partial charge in [0.05, 0.1) is 0 Å². The van der Waals surface area contributed by atoms with Crippen LogP contribution in [-0.2, 0) is 4.79 Å². The SMILES string of the molecule is C=C/C=C/CC=C=O. The fraction of sp³-hybridized carbons (Fsp3) is 0.143. The summed E-state index contributed by atoms with van der Waals surface area (Å²) in [4.78, 5) is 9.53. The molecule has 0 aromatic carbocycles. The van der Waals surface area contributed by atoms with Crippen molar-refractivity contribution in [1.82, 2.24) is 0 Å². The van der Waals surface area contributed by atoms with E-state index in [2.05, 4.69) is 6.58 Å². The number of carbonyl (C=O) groups excluding carboxylic acids is 1. The van der Waals surface area contributed by atoms with Gasteiger partial charge in [-0.1, -0.05) is 24.8 Å². The molecule has 0 aromatic rings. The van der Waals surface area contributed by atoms with E-state index >= 15 is 0 Å². The van der Waals surface area contributed by atoms with Crippen LogP contribution in [0.5, 0.6) is 0 Å². The molecule has 0 aliphatic heterocycles. The van der Waals surface area contributed by atoms with Crippen LogP contribution in [0.2, 0.25) is 0 Å². The Morgan fingerprint density at radius 3 is 2.88 bits per heavy atom. The van der Waals surface area contributed by atoms with E-state index in [-0.39, 0.29) is 0 Å². The van der Waals surface area contributed by atoms with E-state index in [1.807, 2.05) is 6.08 Å². The predicted octanol–water partition coefficient (Wildman–Crippen LogP) is 1.51. The van der Waals surface area contributed by atoms with Crippen LogP contribution < -0.4 is 0 Å². The molecule has 0 aliphatic rings. The summed E-state index contributed by atoms with van der Waals surface area (Å²) in [5, 5.41) is 0.